The highest BCUT2D eigenvalue weighted by Gasteiger charge is 1.97. The van der Waals surface area contributed by atoms with Crippen LogP contribution in [-0.2, 0) is 0 Å². The third kappa shape index (κ3) is 2.66. The normalized spacial score (nSPS) is 12.0. The number of allylic oxidation sites excluding steroid dienone is 3. The summed E-state index contributed by atoms with van der Waals surface area (Å²) in [4.78, 5) is 8.28. The summed E-state index contributed by atoms with van der Waals surface area (Å²) in [6.45, 7) is 5.68. The van der Waals surface area contributed by atoms with E-state index in [2.05, 4.69) is 16.6 Å². The van der Waals surface area contributed by atoms with E-state index in [1.807, 2.05) is 31.3 Å². The van der Waals surface area contributed by atoms with Crippen molar-refractivity contribution >= 4 is 11.8 Å². The highest BCUT2D eigenvalue weighted by molar-refractivity contribution is 6.09. The summed E-state index contributed by atoms with van der Waals surface area (Å²) in [5, 5.41) is 0. The van der Waals surface area contributed by atoms with Gasteiger partial charge in [0.05, 0.1) is 5.69 Å². The van der Waals surface area contributed by atoms with Crippen molar-refractivity contribution in [2.75, 3.05) is 7.05 Å². The Morgan fingerprint density at radius 1 is 1.50 bits per heavy atom. The van der Waals surface area contributed by atoms with Crippen molar-refractivity contribution in [2.45, 2.75) is 6.92 Å². The van der Waals surface area contributed by atoms with E-state index < -0.39 is 0 Å². The molecule has 0 unspecified atom stereocenters. The number of hydrogen-bond donors (Lipinski definition) is 0. The average Bonchev–Trinajstić information content (AvgIpc) is 2.19. The number of aryl methyl sites for hydroxylation is 1. The van der Waals surface area contributed by atoms with Crippen LogP contribution in [0, 0.1) is 6.92 Å². The highest BCUT2D eigenvalue weighted by atomic mass is 14.7. The smallest absolute Gasteiger partial charge is 0.0717 e. The van der Waals surface area contributed by atoms with Crippen molar-refractivity contribution in [3.8, 4) is 0 Å². The second-order valence-electron chi connectivity index (χ2n) is 2.97. The van der Waals surface area contributed by atoms with Crippen LogP contribution in [0.1, 0.15) is 11.3 Å². The minimum absolute atomic E-state index is 0.918. The Hall–Kier alpha value is -1.70. The Labute approximate surface area is 84.7 Å². The predicted molar refractivity (Wildman–Crippen MR) is 61.6 cm³/mol. The summed E-state index contributed by atoms with van der Waals surface area (Å²) in [6, 6.07) is 4.01. The Morgan fingerprint density at radius 3 is 2.79 bits per heavy atom. The van der Waals surface area contributed by atoms with Crippen LogP contribution in [0.4, 0.5) is 0 Å². The van der Waals surface area contributed by atoms with Gasteiger partial charge in [0, 0.05) is 25.0 Å². The molecule has 0 aliphatic rings. The fourth-order valence-corrected chi connectivity index (χ4v) is 1.10. The van der Waals surface area contributed by atoms with Gasteiger partial charge in [0.1, 0.15) is 0 Å². The molecule has 0 fully saturated rings. The fraction of sp³-hybridized carbons (Fsp3) is 0.167. The van der Waals surface area contributed by atoms with Gasteiger partial charge in [-0.1, -0.05) is 24.8 Å². The average molecular weight is 186 g/mol. The number of nitrogens with zero attached hydrogens (tertiary/aromatic N) is 2. The first-order valence-electron chi connectivity index (χ1n) is 4.46. The molecule has 0 aliphatic carbocycles. The van der Waals surface area contributed by atoms with Gasteiger partial charge in [0.2, 0.25) is 0 Å². The molecular formula is C12H14N2. The van der Waals surface area contributed by atoms with E-state index in [9.17, 15) is 0 Å². The number of rotatable bonds is 3. The standard InChI is InChI=1S/C12H14N2/c1-4-5-11(9-13-3)12-7-6-10(2)8-14-12/h4-9H,1H2,2-3H3/b11-5+,13-9?. The number of hydrogen-bond acceptors (Lipinski definition) is 2. The van der Waals surface area contributed by atoms with Gasteiger partial charge < -0.3 is 0 Å². The van der Waals surface area contributed by atoms with Crippen LogP contribution >= 0.6 is 0 Å². The minimum Gasteiger partial charge on any atom is -0.296 e. The molecular weight excluding hydrogens is 172 g/mol. The lowest BCUT2D eigenvalue weighted by molar-refractivity contribution is 1.24. The van der Waals surface area contributed by atoms with Crippen molar-refractivity contribution in [1.82, 2.24) is 4.98 Å². The fourth-order valence-electron chi connectivity index (χ4n) is 1.10. The van der Waals surface area contributed by atoms with Crippen LogP contribution in [0.2, 0.25) is 0 Å². The molecule has 1 rings (SSSR count). The second kappa shape index (κ2) is 5.12. The van der Waals surface area contributed by atoms with Gasteiger partial charge in [0.25, 0.3) is 0 Å². The van der Waals surface area contributed by atoms with Crippen molar-refractivity contribution in [1.29, 1.82) is 0 Å². The third-order valence-corrected chi connectivity index (χ3v) is 1.77. The topological polar surface area (TPSA) is 25.2 Å². The summed E-state index contributed by atoms with van der Waals surface area (Å²) in [5.41, 5.74) is 3.05. The van der Waals surface area contributed by atoms with Crippen LogP contribution in [0.5, 0.6) is 0 Å². The van der Waals surface area contributed by atoms with E-state index >= 15 is 0 Å². The molecule has 0 aliphatic heterocycles. The lowest BCUT2D eigenvalue weighted by Gasteiger charge is -2.00. The molecule has 0 spiro atoms. The maximum Gasteiger partial charge on any atom is 0.0717 e. The maximum atomic E-state index is 4.31. The largest absolute Gasteiger partial charge is 0.296 e. The Balaban J connectivity index is 3.05. The van der Waals surface area contributed by atoms with Gasteiger partial charge in [0.15, 0.2) is 0 Å². The van der Waals surface area contributed by atoms with Crippen LogP contribution in [0.3, 0.4) is 0 Å². The molecule has 1 heterocycles. The van der Waals surface area contributed by atoms with Crippen LogP contribution in [0.25, 0.3) is 5.57 Å². The Morgan fingerprint density at radius 2 is 2.29 bits per heavy atom. The van der Waals surface area contributed by atoms with Gasteiger partial charge in [-0.05, 0) is 18.6 Å². The van der Waals surface area contributed by atoms with Crippen LogP contribution in [-0.4, -0.2) is 18.2 Å². The van der Waals surface area contributed by atoms with Crippen LogP contribution < -0.4 is 0 Å². The molecule has 0 aromatic carbocycles. The first-order chi connectivity index (χ1) is 6.77. The zero-order valence-electron chi connectivity index (χ0n) is 8.57. The second-order valence-corrected chi connectivity index (χ2v) is 2.97. The number of aromatic nitrogens is 1. The van der Waals surface area contributed by atoms with Gasteiger partial charge in [-0.25, -0.2) is 0 Å². The van der Waals surface area contributed by atoms with Crippen molar-refractivity contribution in [3.05, 3.63) is 48.3 Å². The van der Waals surface area contributed by atoms with Gasteiger partial charge >= 0.3 is 0 Å². The molecule has 0 saturated carbocycles. The van der Waals surface area contributed by atoms with Crippen molar-refractivity contribution < 1.29 is 0 Å². The van der Waals surface area contributed by atoms with E-state index in [4.69, 9.17) is 0 Å². The first-order valence-corrected chi connectivity index (χ1v) is 4.46. The SMILES string of the molecule is C=C/C=C(\C=NC)c1ccc(C)cn1. The number of pyridine rings is 1. The van der Waals surface area contributed by atoms with E-state index in [0.717, 1.165) is 16.8 Å². The summed E-state index contributed by atoms with van der Waals surface area (Å²) in [6.07, 6.45) is 7.25. The summed E-state index contributed by atoms with van der Waals surface area (Å²) >= 11 is 0. The lowest BCUT2D eigenvalue weighted by atomic mass is 10.1. The lowest BCUT2D eigenvalue weighted by Crippen LogP contribution is -1.90. The zero-order valence-corrected chi connectivity index (χ0v) is 8.57. The quantitative estimate of drug-likeness (QED) is 0.526. The first kappa shape index (κ1) is 10.4. The molecule has 0 saturated heterocycles. The molecule has 0 radical (unpaired) electrons. The monoisotopic (exact) mass is 186 g/mol. The molecule has 2 heteroatoms. The molecule has 1 aromatic heterocycles. The summed E-state index contributed by atoms with van der Waals surface area (Å²) in [5.74, 6) is 0. The van der Waals surface area contributed by atoms with Crippen molar-refractivity contribution in [3.63, 3.8) is 0 Å². The summed E-state index contributed by atoms with van der Waals surface area (Å²) < 4.78 is 0. The molecule has 1 aromatic rings. The predicted octanol–water partition coefficient (Wildman–Crippen LogP) is 2.66. The molecule has 2 nitrogen and oxygen atoms in total. The molecule has 14 heavy (non-hydrogen) atoms. The molecule has 0 bridgehead atoms. The molecule has 72 valence electrons. The summed E-state index contributed by atoms with van der Waals surface area (Å²) in [7, 11) is 1.74. The van der Waals surface area contributed by atoms with Crippen LogP contribution in [0.15, 0.2) is 42.1 Å². The Bertz CT molecular complexity index is 358. The molecule has 0 atom stereocenters. The van der Waals surface area contributed by atoms with E-state index in [1.165, 1.54) is 0 Å². The van der Waals surface area contributed by atoms with E-state index in [1.54, 1.807) is 19.3 Å². The van der Waals surface area contributed by atoms with E-state index in [-0.39, 0.29) is 0 Å². The Kier molecular flexibility index (Phi) is 3.80. The number of aliphatic imine (C=N–C) groups is 1. The van der Waals surface area contributed by atoms with E-state index in [0.29, 0.717) is 0 Å². The zero-order chi connectivity index (χ0) is 10.4. The minimum atomic E-state index is 0.918. The maximum absolute atomic E-state index is 4.31. The highest BCUT2D eigenvalue weighted by Crippen LogP contribution is 2.09. The molecule has 0 amide bonds. The third-order valence-electron chi connectivity index (χ3n) is 1.77. The van der Waals surface area contributed by atoms with Gasteiger partial charge in [-0.15, -0.1) is 0 Å². The van der Waals surface area contributed by atoms with Gasteiger partial charge in [-0.2, -0.15) is 0 Å². The van der Waals surface area contributed by atoms with Crippen molar-refractivity contribution in [2.24, 2.45) is 4.99 Å². The van der Waals surface area contributed by atoms with Gasteiger partial charge in [-0.3, -0.25) is 9.98 Å². The molecule has 0 N–H and O–H groups in total.